The largest absolute Gasteiger partial charge is 0.354 e. The van der Waals surface area contributed by atoms with Crippen LogP contribution in [-0.2, 0) is 20.0 Å². The molecule has 5 nitrogen and oxygen atoms in total. The first-order valence-electron chi connectivity index (χ1n) is 6.35. The second kappa shape index (κ2) is 5.71. The molecular formula is C13H21N5S. The summed E-state index contributed by atoms with van der Waals surface area (Å²) >= 11 is 1.62. The highest BCUT2D eigenvalue weighted by Gasteiger charge is 2.18. The molecule has 2 heterocycles. The molecule has 0 amide bonds. The second-order valence-electron chi connectivity index (χ2n) is 5.03. The van der Waals surface area contributed by atoms with Crippen molar-refractivity contribution < 1.29 is 0 Å². The normalized spacial score (nSPS) is 12.7. The summed E-state index contributed by atoms with van der Waals surface area (Å²) in [5.41, 5.74) is 11.2. The molecule has 2 aromatic heterocycles. The maximum atomic E-state index is 5.94. The minimum absolute atomic E-state index is 0.134. The highest BCUT2D eigenvalue weighted by atomic mass is 32.1. The van der Waals surface area contributed by atoms with Crippen LogP contribution in [0.2, 0.25) is 0 Å². The lowest BCUT2D eigenvalue weighted by molar-refractivity contribution is 0.712. The van der Waals surface area contributed by atoms with Crippen LogP contribution in [0.25, 0.3) is 0 Å². The number of aryl methyl sites for hydroxylation is 2. The molecule has 2 rings (SSSR count). The van der Waals surface area contributed by atoms with Crippen molar-refractivity contribution in [3.05, 3.63) is 27.8 Å². The van der Waals surface area contributed by atoms with Crippen molar-refractivity contribution in [1.29, 1.82) is 0 Å². The van der Waals surface area contributed by atoms with Gasteiger partial charge >= 0.3 is 0 Å². The Morgan fingerprint density at radius 3 is 2.84 bits per heavy atom. The van der Waals surface area contributed by atoms with Gasteiger partial charge in [0.25, 0.3) is 0 Å². The van der Waals surface area contributed by atoms with Gasteiger partial charge in [0.05, 0.1) is 23.4 Å². The number of anilines is 1. The minimum atomic E-state index is 0.134. The van der Waals surface area contributed by atoms with Gasteiger partial charge in [0.2, 0.25) is 0 Å². The Labute approximate surface area is 118 Å². The zero-order valence-electron chi connectivity index (χ0n) is 11.9. The van der Waals surface area contributed by atoms with Gasteiger partial charge in [0, 0.05) is 31.1 Å². The van der Waals surface area contributed by atoms with E-state index < -0.39 is 0 Å². The molecule has 0 aliphatic rings. The summed E-state index contributed by atoms with van der Waals surface area (Å²) in [6.45, 7) is 4.85. The predicted molar refractivity (Wildman–Crippen MR) is 79.5 cm³/mol. The van der Waals surface area contributed by atoms with Gasteiger partial charge in [-0.15, -0.1) is 11.3 Å². The summed E-state index contributed by atoms with van der Waals surface area (Å²) in [6.07, 6.45) is 0.844. The Kier molecular flexibility index (Phi) is 4.21. The maximum Gasteiger partial charge on any atom is 0.130 e. The highest BCUT2D eigenvalue weighted by molar-refractivity contribution is 7.07. The summed E-state index contributed by atoms with van der Waals surface area (Å²) in [5, 5.41) is 6.59. The number of rotatable bonds is 5. The van der Waals surface area contributed by atoms with E-state index in [-0.39, 0.29) is 6.04 Å². The summed E-state index contributed by atoms with van der Waals surface area (Å²) in [6, 6.07) is 0.134. The van der Waals surface area contributed by atoms with E-state index in [0.29, 0.717) is 0 Å². The Bertz CT molecular complexity index is 529. The number of thiazole rings is 1. The molecule has 0 bridgehead atoms. The van der Waals surface area contributed by atoms with E-state index in [9.17, 15) is 0 Å². The molecule has 0 aliphatic heterocycles. The van der Waals surface area contributed by atoms with E-state index in [2.05, 4.69) is 27.4 Å². The Balaban J connectivity index is 2.27. The van der Waals surface area contributed by atoms with Gasteiger partial charge in [-0.25, -0.2) is 4.98 Å². The molecule has 0 saturated heterocycles. The van der Waals surface area contributed by atoms with E-state index in [1.807, 2.05) is 31.1 Å². The molecule has 0 fully saturated rings. The van der Waals surface area contributed by atoms with Crippen molar-refractivity contribution >= 4 is 17.2 Å². The molecule has 1 atom stereocenters. The van der Waals surface area contributed by atoms with Crippen molar-refractivity contribution in [3.63, 3.8) is 0 Å². The standard InChI is InChI=1S/C13H21N5S/c1-9(14)5-12-10(2)16-18(4)13(12)17(3)6-11-7-19-8-15-11/h7-9H,5-6,14H2,1-4H3. The molecule has 0 radical (unpaired) electrons. The van der Waals surface area contributed by atoms with E-state index in [1.165, 1.54) is 5.56 Å². The van der Waals surface area contributed by atoms with Crippen molar-refractivity contribution in [3.8, 4) is 0 Å². The molecule has 6 heteroatoms. The lowest BCUT2D eigenvalue weighted by Gasteiger charge is -2.20. The number of nitrogens with zero attached hydrogens (tertiary/aromatic N) is 4. The van der Waals surface area contributed by atoms with E-state index in [4.69, 9.17) is 5.73 Å². The van der Waals surface area contributed by atoms with Crippen LogP contribution in [0.15, 0.2) is 10.9 Å². The molecule has 1 unspecified atom stereocenters. The van der Waals surface area contributed by atoms with Gasteiger partial charge in [-0.05, 0) is 20.3 Å². The number of hydrogen-bond donors (Lipinski definition) is 1. The lowest BCUT2D eigenvalue weighted by Crippen LogP contribution is -2.23. The van der Waals surface area contributed by atoms with Crippen LogP contribution in [0.3, 0.4) is 0 Å². The van der Waals surface area contributed by atoms with E-state index in [1.54, 1.807) is 11.3 Å². The van der Waals surface area contributed by atoms with Crippen molar-refractivity contribution in [1.82, 2.24) is 14.8 Å². The zero-order valence-corrected chi connectivity index (χ0v) is 12.7. The SMILES string of the molecule is Cc1nn(C)c(N(C)Cc2cscn2)c1CC(C)N. The van der Waals surface area contributed by atoms with Crippen LogP contribution in [0.5, 0.6) is 0 Å². The summed E-state index contributed by atoms with van der Waals surface area (Å²) in [7, 11) is 4.05. The van der Waals surface area contributed by atoms with Crippen molar-refractivity contribution in [2.24, 2.45) is 12.8 Å². The quantitative estimate of drug-likeness (QED) is 0.905. The van der Waals surface area contributed by atoms with Crippen LogP contribution in [0.1, 0.15) is 23.9 Å². The average Bonchev–Trinajstić information content (AvgIpc) is 2.88. The average molecular weight is 279 g/mol. The van der Waals surface area contributed by atoms with Gasteiger partial charge in [-0.2, -0.15) is 5.10 Å². The Morgan fingerprint density at radius 1 is 1.53 bits per heavy atom. The van der Waals surface area contributed by atoms with E-state index >= 15 is 0 Å². The maximum absolute atomic E-state index is 5.94. The molecule has 2 N–H and O–H groups in total. The summed E-state index contributed by atoms with van der Waals surface area (Å²) in [4.78, 5) is 6.52. The third kappa shape index (κ3) is 3.13. The smallest absolute Gasteiger partial charge is 0.130 e. The van der Waals surface area contributed by atoms with Crippen LogP contribution in [0, 0.1) is 6.92 Å². The monoisotopic (exact) mass is 279 g/mol. The Hall–Kier alpha value is -1.40. The zero-order chi connectivity index (χ0) is 14.0. The highest BCUT2D eigenvalue weighted by Crippen LogP contribution is 2.24. The van der Waals surface area contributed by atoms with Gasteiger partial charge < -0.3 is 10.6 Å². The molecular weight excluding hydrogens is 258 g/mol. The molecule has 19 heavy (non-hydrogen) atoms. The van der Waals surface area contributed by atoms with Crippen LogP contribution in [-0.4, -0.2) is 27.9 Å². The summed E-state index contributed by atoms with van der Waals surface area (Å²) in [5.74, 6) is 1.13. The fourth-order valence-corrected chi connectivity index (χ4v) is 2.91. The molecule has 0 aliphatic carbocycles. The topological polar surface area (TPSA) is 60.0 Å². The predicted octanol–water partition coefficient (Wildman–Crippen LogP) is 1.71. The van der Waals surface area contributed by atoms with Gasteiger partial charge in [-0.3, -0.25) is 4.68 Å². The summed E-state index contributed by atoms with van der Waals surface area (Å²) < 4.78 is 1.93. The van der Waals surface area contributed by atoms with Gasteiger partial charge in [-0.1, -0.05) is 0 Å². The third-order valence-electron chi connectivity index (χ3n) is 3.08. The number of hydrogen-bond acceptors (Lipinski definition) is 5. The first-order valence-corrected chi connectivity index (χ1v) is 7.29. The van der Waals surface area contributed by atoms with Crippen LogP contribution < -0.4 is 10.6 Å². The fraction of sp³-hybridized carbons (Fsp3) is 0.538. The molecule has 0 aromatic carbocycles. The first-order chi connectivity index (χ1) is 8.99. The van der Waals surface area contributed by atoms with Crippen LogP contribution >= 0.6 is 11.3 Å². The fourth-order valence-electron chi connectivity index (χ4n) is 2.36. The molecule has 104 valence electrons. The van der Waals surface area contributed by atoms with Crippen LogP contribution in [0.4, 0.5) is 5.82 Å². The van der Waals surface area contributed by atoms with Gasteiger partial charge in [0.1, 0.15) is 5.82 Å². The number of nitrogens with two attached hydrogens (primary N) is 1. The first kappa shape index (κ1) is 14.0. The third-order valence-corrected chi connectivity index (χ3v) is 3.72. The molecule has 2 aromatic rings. The number of aromatic nitrogens is 3. The van der Waals surface area contributed by atoms with E-state index in [0.717, 1.165) is 30.2 Å². The Morgan fingerprint density at radius 2 is 2.26 bits per heavy atom. The van der Waals surface area contributed by atoms with Crippen molar-refractivity contribution in [2.45, 2.75) is 32.9 Å². The molecule has 0 saturated carbocycles. The van der Waals surface area contributed by atoms with Gasteiger partial charge in [0.15, 0.2) is 0 Å². The second-order valence-corrected chi connectivity index (χ2v) is 5.75. The van der Waals surface area contributed by atoms with Crippen molar-refractivity contribution in [2.75, 3.05) is 11.9 Å². The molecule has 0 spiro atoms. The minimum Gasteiger partial charge on any atom is -0.354 e. The lowest BCUT2D eigenvalue weighted by atomic mass is 10.1.